The molecule has 3 aromatic rings. The standard InChI is InChI=1S/C16H11N3O3S/c17-19-16-13-9-5-4-8-12(13)14(10-15(16)23(20,21)22)18-11-6-2-1-3-7-11/h1-10,18H. The summed E-state index contributed by atoms with van der Waals surface area (Å²) in [5.74, 6) is 0. The number of diazo groups is 1. The summed E-state index contributed by atoms with van der Waals surface area (Å²) in [6.07, 6.45) is 0. The first-order valence-electron chi connectivity index (χ1n) is 6.69. The van der Waals surface area contributed by atoms with Gasteiger partial charge in [-0.2, -0.15) is 0 Å². The van der Waals surface area contributed by atoms with Crippen molar-refractivity contribution in [2.75, 3.05) is 5.32 Å². The molecule has 0 radical (unpaired) electrons. The number of para-hydroxylation sites is 1. The predicted octanol–water partition coefficient (Wildman–Crippen LogP) is 3.97. The Balaban J connectivity index is 2.32. The Bertz CT molecular complexity index is 1030. The van der Waals surface area contributed by atoms with Gasteiger partial charge in [-0.3, -0.25) is 0 Å². The average molecular weight is 325 g/mol. The summed E-state index contributed by atoms with van der Waals surface area (Å²) >= 11 is 0. The maximum atomic E-state index is 11.5. The van der Waals surface area contributed by atoms with Crippen LogP contribution in [0.4, 0.5) is 17.1 Å². The molecule has 6 nitrogen and oxygen atoms in total. The van der Waals surface area contributed by atoms with Crippen LogP contribution >= 0.6 is 0 Å². The largest absolute Gasteiger partial charge is 0.744 e. The van der Waals surface area contributed by atoms with Crippen LogP contribution in [0, 0.1) is 5.39 Å². The zero-order valence-electron chi connectivity index (χ0n) is 11.8. The van der Waals surface area contributed by atoms with Crippen LogP contribution in [-0.2, 0) is 10.1 Å². The normalized spacial score (nSPS) is 11.1. The third kappa shape index (κ3) is 2.85. The molecule has 0 atom stereocenters. The van der Waals surface area contributed by atoms with Crippen molar-refractivity contribution in [1.29, 1.82) is 5.39 Å². The minimum Gasteiger partial charge on any atom is -0.744 e. The van der Waals surface area contributed by atoms with Gasteiger partial charge in [-0.1, -0.05) is 36.4 Å². The fourth-order valence-corrected chi connectivity index (χ4v) is 3.06. The van der Waals surface area contributed by atoms with E-state index < -0.39 is 15.0 Å². The lowest BCUT2D eigenvalue weighted by atomic mass is 10.1. The minimum atomic E-state index is -4.80. The van der Waals surface area contributed by atoms with Crippen molar-refractivity contribution in [3.8, 4) is 0 Å². The van der Waals surface area contributed by atoms with Gasteiger partial charge in [0.2, 0.25) is 5.39 Å². The molecule has 0 saturated heterocycles. The van der Waals surface area contributed by atoms with Crippen molar-refractivity contribution < 1.29 is 13.0 Å². The Labute approximate surface area is 132 Å². The van der Waals surface area contributed by atoms with Gasteiger partial charge in [0.1, 0.15) is 10.1 Å². The Morgan fingerprint density at radius 2 is 1.57 bits per heavy atom. The summed E-state index contributed by atoms with van der Waals surface area (Å²) in [4.78, 5) is 2.43. The lowest BCUT2D eigenvalue weighted by molar-refractivity contribution is 0.463. The first kappa shape index (κ1) is 15.0. The summed E-state index contributed by atoms with van der Waals surface area (Å²) in [5.41, 5.74) is 0.920. The number of rotatable bonds is 3. The highest BCUT2D eigenvalue weighted by atomic mass is 32.2. The summed E-state index contributed by atoms with van der Waals surface area (Å²) in [6, 6.07) is 17.1. The third-order valence-corrected chi connectivity index (χ3v) is 4.25. The first-order chi connectivity index (χ1) is 11.0. The molecule has 0 aliphatic heterocycles. The van der Waals surface area contributed by atoms with Crippen molar-refractivity contribution >= 4 is 38.0 Å². The van der Waals surface area contributed by atoms with Gasteiger partial charge in [0.15, 0.2) is 9.87 Å². The lowest BCUT2D eigenvalue weighted by Crippen LogP contribution is -2.01. The molecule has 0 bridgehead atoms. The maximum absolute atomic E-state index is 11.5. The molecule has 0 spiro atoms. The van der Waals surface area contributed by atoms with Gasteiger partial charge in [-0.05, 0) is 24.3 Å². The van der Waals surface area contributed by atoms with Crippen LogP contribution < -0.4 is 5.32 Å². The topological polar surface area (TPSA) is 97.4 Å². The van der Waals surface area contributed by atoms with E-state index in [0.29, 0.717) is 16.5 Å². The molecule has 7 heteroatoms. The third-order valence-electron chi connectivity index (χ3n) is 3.40. The zero-order valence-corrected chi connectivity index (χ0v) is 12.6. The number of hydrogen-bond acceptors (Lipinski definition) is 5. The summed E-state index contributed by atoms with van der Waals surface area (Å²) in [5, 5.41) is 13.2. The summed E-state index contributed by atoms with van der Waals surface area (Å²) < 4.78 is 34.5. The molecule has 0 aliphatic carbocycles. The number of fused-ring (bicyclic) bond motifs is 1. The highest BCUT2D eigenvalue weighted by Gasteiger charge is 2.25. The van der Waals surface area contributed by atoms with Crippen LogP contribution in [0.25, 0.3) is 15.7 Å². The molecule has 0 amide bonds. The van der Waals surface area contributed by atoms with Gasteiger partial charge in [-0.25, -0.2) is 8.42 Å². The SMILES string of the molecule is N#[N+]c1c(S(=O)(=O)[O-])cc(Nc2ccccc2)c2ccccc12. The second-order valence-corrected chi connectivity index (χ2v) is 6.21. The molecule has 3 aromatic carbocycles. The number of nitrogens with one attached hydrogen (secondary N) is 1. The van der Waals surface area contributed by atoms with E-state index in [0.717, 1.165) is 5.69 Å². The molecular weight excluding hydrogens is 314 g/mol. The molecule has 0 heterocycles. The molecule has 0 fully saturated rings. The maximum Gasteiger partial charge on any atom is 0.410 e. The summed E-state index contributed by atoms with van der Waals surface area (Å²) in [7, 11) is -4.80. The molecule has 0 unspecified atom stereocenters. The average Bonchev–Trinajstić information content (AvgIpc) is 2.54. The van der Waals surface area contributed by atoms with Crippen molar-refractivity contribution in [3.63, 3.8) is 0 Å². The molecule has 0 saturated carbocycles. The van der Waals surface area contributed by atoms with E-state index in [-0.39, 0.29) is 5.69 Å². The van der Waals surface area contributed by atoms with Crippen molar-refractivity contribution in [2.24, 2.45) is 0 Å². The highest BCUT2D eigenvalue weighted by Crippen LogP contribution is 2.39. The second kappa shape index (κ2) is 5.68. The van der Waals surface area contributed by atoms with E-state index in [9.17, 15) is 13.0 Å². The molecule has 0 aromatic heterocycles. The van der Waals surface area contributed by atoms with Gasteiger partial charge in [-0.15, -0.1) is 0 Å². The fraction of sp³-hybridized carbons (Fsp3) is 0. The van der Waals surface area contributed by atoms with Gasteiger partial charge < -0.3 is 9.87 Å². The molecule has 1 N–H and O–H groups in total. The van der Waals surface area contributed by atoms with Crippen molar-refractivity contribution in [3.05, 3.63) is 65.6 Å². The molecule has 3 rings (SSSR count). The summed E-state index contributed by atoms with van der Waals surface area (Å²) in [6.45, 7) is 0. The molecular formula is C16H11N3O3S. The van der Waals surface area contributed by atoms with Crippen LogP contribution in [0.2, 0.25) is 0 Å². The molecule has 114 valence electrons. The van der Waals surface area contributed by atoms with Crippen LogP contribution in [0.1, 0.15) is 0 Å². The van der Waals surface area contributed by atoms with Gasteiger partial charge >= 0.3 is 5.69 Å². The Morgan fingerprint density at radius 1 is 0.957 bits per heavy atom. The quantitative estimate of drug-likeness (QED) is 0.580. The number of benzene rings is 3. The Morgan fingerprint density at radius 3 is 2.17 bits per heavy atom. The number of nitrogens with zero attached hydrogens (tertiary/aromatic N) is 2. The van der Waals surface area contributed by atoms with Crippen molar-refractivity contribution in [2.45, 2.75) is 4.90 Å². The van der Waals surface area contributed by atoms with Gasteiger partial charge in [0.25, 0.3) is 0 Å². The van der Waals surface area contributed by atoms with E-state index in [2.05, 4.69) is 10.3 Å². The van der Waals surface area contributed by atoms with Gasteiger partial charge in [0.05, 0.1) is 5.39 Å². The predicted molar refractivity (Wildman–Crippen MR) is 86.4 cm³/mol. The second-order valence-electron chi connectivity index (χ2n) is 4.86. The van der Waals surface area contributed by atoms with Crippen molar-refractivity contribution in [1.82, 2.24) is 0 Å². The van der Waals surface area contributed by atoms with Crippen LogP contribution in [0.15, 0.2) is 65.6 Å². The fourth-order valence-electron chi connectivity index (χ4n) is 2.41. The number of anilines is 2. The van der Waals surface area contributed by atoms with E-state index >= 15 is 0 Å². The Kier molecular flexibility index (Phi) is 3.70. The van der Waals surface area contributed by atoms with Gasteiger partial charge in [0, 0.05) is 16.8 Å². The van der Waals surface area contributed by atoms with Crippen LogP contribution in [-0.4, -0.2) is 13.0 Å². The monoisotopic (exact) mass is 325 g/mol. The van der Waals surface area contributed by atoms with Crippen LogP contribution in [0.3, 0.4) is 0 Å². The smallest absolute Gasteiger partial charge is 0.410 e. The van der Waals surface area contributed by atoms with Crippen LogP contribution in [0.5, 0.6) is 0 Å². The number of hydrogen-bond donors (Lipinski definition) is 1. The van der Waals surface area contributed by atoms with E-state index in [1.807, 2.05) is 30.3 Å². The highest BCUT2D eigenvalue weighted by molar-refractivity contribution is 7.86. The minimum absolute atomic E-state index is 0.255. The molecule has 23 heavy (non-hydrogen) atoms. The van der Waals surface area contributed by atoms with E-state index in [1.165, 1.54) is 6.07 Å². The van der Waals surface area contributed by atoms with E-state index in [4.69, 9.17) is 5.39 Å². The zero-order chi connectivity index (χ0) is 16.4. The Hall–Kier alpha value is -2.95. The first-order valence-corrected chi connectivity index (χ1v) is 8.10. The van der Waals surface area contributed by atoms with E-state index in [1.54, 1.807) is 24.3 Å². The lowest BCUT2D eigenvalue weighted by Gasteiger charge is -2.12. The molecule has 0 aliphatic rings.